The summed E-state index contributed by atoms with van der Waals surface area (Å²) in [5.41, 5.74) is 0. The van der Waals surface area contributed by atoms with E-state index < -0.39 is 18.9 Å². The molecule has 0 saturated carbocycles. The largest absolute Gasteiger partial charge is 0.416 e. The third-order valence-corrected chi connectivity index (χ3v) is 2.01. The Balaban J connectivity index is 2.07. The van der Waals surface area contributed by atoms with Gasteiger partial charge in [-0.2, -0.15) is 13.2 Å². The first-order chi connectivity index (χ1) is 6.54. The van der Waals surface area contributed by atoms with E-state index in [9.17, 15) is 13.2 Å². The van der Waals surface area contributed by atoms with Crippen LogP contribution >= 0.6 is 0 Å². The van der Waals surface area contributed by atoms with Crippen LogP contribution in [0.3, 0.4) is 0 Å². The molecule has 0 aromatic carbocycles. The lowest BCUT2D eigenvalue weighted by Gasteiger charge is -2.18. The Hall–Kier alpha value is -0.330. The predicted molar refractivity (Wildman–Crippen MR) is 44.1 cm³/mol. The molecule has 0 radical (unpaired) electrons. The van der Waals surface area contributed by atoms with Crippen LogP contribution in [0.25, 0.3) is 0 Å². The molecule has 3 nitrogen and oxygen atoms in total. The highest BCUT2D eigenvalue weighted by molar-refractivity contribution is 4.71. The SMILES string of the molecule is COC(COCCN1CC1)C(F)(F)F. The second-order valence-corrected chi connectivity index (χ2v) is 3.18. The van der Waals surface area contributed by atoms with Crippen molar-refractivity contribution < 1.29 is 22.6 Å². The number of halogens is 3. The highest BCUT2D eigenvalue weighted by atomic mass is 19.4. The maximum atomic E-state index is 12.1. The summed E-state index contributed by atoms with van der Waals surface area (Å²) in [5, 5.41) is 0. The zero-order valence-corrected chi connectivity index (χ0v) is 8.01. The Morgan fingerprint density at radius 2 is 2.00 bits per heavy atom. The number of alkyl halides is 3. The molecule has 1 saturated heterocycles. The fraction of sp³-hybridized carbons (Fsp3) is 1.00. The summed E-state index contributed by atoms with van der Waals surface area (Å²) in [6.07, 6.45) is -6.15. The van der Waals surface area contributed by atoms with Gasteiger partial charge in [-0.25, -0.2) is 0 Å². The van der Waals surface area contributed by atoms with E-state index in [2.05, 4.69) is 9.64 Å². The number of nitrogens with zero attached hydrogens (tertiary/aromatic N) is 1. The van der Waals surface area contributed by atoms with Gasteiger partial charge in [-0.3, -0.25) is 4.90 Å². The van der Waals surface area contributed by atoms with Gasteiger partial charge in [0.25, 0.3) is 0 Å². The minimum absolute atomic E-state index is 0.329. The molecule has 1 unspecified atom stereocenters. The van der Waals surface area contributed by atoms with Crippen LogP contribution in [0.4, 0.5) is 13.2 Å². The molecule has 84 valence electrons. The summed E-state index contributed by atoms with van der Waals surface area (Å²) in [4.78, 5) is 2.08. The van der Waals surface area contributed by atoms with E-state index >= 15 is 0 Å². The Labute approximate surface area is 80.8 Å². The third-order valence-electron chi connectivity index (χ3n) is 2.01. The van der Waals surface area contributed by atoms with Gasteiger partial charge >= 0.3 is 6.18 Å². The van der Waals surface area contributed by atoms with E-state index in [1.54, 1.807) is 0 Å². The van der Waals surface area contributed by atoms with E-state index in [-0.39, 0.29) is 0 Å². The number of rotatable bonds is 6. The highest BCUT2D eigenvalue weighted by Gasteiger charge is 2.40. The molecule has 1 heterocycles. The van der Waals surface area contributed by atoms with Crippen LogP contribution in [0.15, 0.2) is 0 Å². The zero-order chi connectivity index (χ0) is 10.6. The molecular weight excluding hydrogens is 199 g/mol. The smallest absolute Gasteiger partial charge is 0.377 e. The van der Waals surface area contributed by atoms with Gasteiger partial charge in [-0.1, -0.05) is 0 Å². The second kappa shape index (κ2) is 4.95. The van der Waals surface area contributed by atoms with Gasteiger partial charge in [-0.15, -0.1) is 0 Å². The van der Waals surface area contributed by atoms with E-state index in [1.165, 1.54) is 0 Å². The molecule has 0 aliphatic carbocycles. The molecule has 0 amide bonds. The van der Waals surface area contributed by atoms with Crippen molar-refractivity contribution in [3.05, 3.63) is 0 Å². The lowest BCUT2D eigenvalue weighted by Crippen LogP contribution is -2.35. The topological polar surface area (TPSA) is 21.5 Å². The molecular formula is C8H14F3NO2. The van der Waals surface area contributed by atoms with E-state index in [0.29, 0.717) is 13.2 Å². The molecule has 0 aromatic rings. The van der Waals surface area contributed by atoms with Gasteiger partial charge < -0.3 is 9.47 Å². The van der Waals surface area contributed by atoms with Crippen molar-refractivity contribution in [2.24, 2.45) is 0 Å². The molecule has 0 N–H and O–H groups in total. The molecule has 0 aromatic heterocycles. The van der Waals surface area contributed by atoms with Crippen molar-refractivity contribution in [3.8, 4) is 0 Å². The molecule has 14 heavy (non-hydrogen) atoms. The van der Waals surface area contributed by atoms with Crippen LogP contribution in [0.1, 0.15) is 0 Å². The summed E-state index contributed by atoms with van der Waals surface area (Å²) in [6.45, 7) is 2.66. The molecule has 0 spiro atoms. The fourth-order valence-electron chi connectivity index (χ4n) is 0.975. The van der Waals surface area contributed by atoms with Crippen molar-refractivity contribution in [2.45, 2.75) is 12.3 Å². The van der Waals surface area contributed by atoms with Gasteiger partial charge in [0.2, 0.25) is 0 Å². The lowest BCUT2D eigenvalue weighted by atomic mass is 10.4. The first kappa shape index (κ1) is 11.7. The average Bonchev–Trinajstić information content (AvgIpc) is 2.85. The maximum Gasteiger partial charge on any atom is 0.416 e. The van der Waals surface area contributed by atoms with Gasteiger partial charge in [0.05, 0.1) is 13.2 Å². The van der Waals surface area contributed by atoms with E-state index in [1.807, 2.05) is 0 Å². The Morgan fingerprint density at radius 3 is 2.43 bits per heavy atom. The van der Waals surface area contributed by atoms with Gasteiger partial charge in [0, 0.05) is 26.7 Å². The Bertz CT molecular complexity index is 170. The van der Waals surface area contributed by atoms with E-state index in [0.717, 1.165) is 20.2 Å². The van der Waals surface area contributed by atoms with Crippen LogP contribution in [0.2, 0.25) is 0 Å². The first-order valence-corrected chi connectivity index (χ1v) is 4.43. The molecule has 6 heteroatoms. The lowest BCUT2D eigenvalue weighted by molar-refractivity contribution is -0.226. The van der Waals surface area contributed by atoms with Crippen molar-refractivity contribution in [3.63, 3.8) is 0 Å². The van der Waals surface area contributed by atoms with Crippen LogP contribution in [-0.2, 0) is 9.47 Å². The number of ether oxygens (including phenoxy) is 2. The Kier molecular flexibility index (Phi) is 4.15. The molecule has 1 rings (SSSR count). The highest BCUT2D eigenvalue weighted by Crippen LogP contribution is 2.22. The van der Waals surface area contributed by atoms with Crippen LogP contribution in [0, 0.1) is 0 Å². The minimum atomic E-state index is -4.34. The maximum absolute atomic E-state index is 12.1. The normalized spacial score (nSPS) is 19.7. The molecule has 1 atom stereocenters. The monoisotopic (exact) mass is 213 g/mol. The first-order valence-electron chi connectivity index (χ1n) is 4.43. The summed E-state index contributed by atoms with van der Waals surface area (Å²) < 4.78 is 45.5. The second-order valence-electron chi connectivity index (χ2n) is 3.18. The number of hydrogen-bond acceptors (Lipinski definition) is 3. The number of hydrogen-bond donors (Lipinski definition) is 0. The van der Waals surface area contributed by atoms with Crippen molar-refractivity contribution in [1.82, 2.24) is 4.90 Å². The van der Waals surface area contributed by atoms with Crippen LogP contribution < -0.4 is 0 Å². The molecule has 1 aliphatic rings. The molecule has 1 fully saturated rings. The zero-order valence-electron chi connectivity index (χ0n) is 8.01. The summed E-state index contributed by atoms with van der Waals surface area (Å²) in [6, 6.07) is 0. The molecule has 0 bridgehead atoms. The average molecular weight is 213 g/mol. The quantitative estimate of drug-likeness (QED) is 0.483. The van der Waals surface area contributed by atoms with Crippen molar-refractivity contribution in [2.75, 3.05) is 40.0 Å². The summed E-state index contributed by atoms with van der Waals surface area (Å²) in [7, 11) is 1.03. The van der Waals surface area contributed by atoms with Crippen molar-refractivity contribution >= 4 is 0 Å². The standard InChI is InChI=1S/C8H14F3NO2/c1-13-7(8(9,10)11)6-14-5-4-12-2-3-12/h7H,2-6H2,1H3. The third kappa shape index (κ3) is 4.26. The van der Waals surface area contributed by atoms with Gasteiger partial charge in [0.1, 0.15) is 0 Å². The molecule has 1 aliphatic heterocycles. The Morgan fingerprint density at radius 1 is 1.36 bits per heavy atom. The summed E-state index contributed by atoms with van der Waals surface area (Å²) in [5.74, 6) is 0. The van der Waals surface area contributed by atoms with Crippen LogP contribution in [0.5, 0.6) is 0 Å². The van der Waals surface area contributed by atoms with Crippen LogP contribution in [-0.4, -0.2) is 57.1 Å². The van der Waals surface area contributed by atoms with Crippen molar-refractivity contribution in [1.29, 1.82) is 0 Å². The summed E-state index contributed by atoms with van der Waals surface area (Å²) >= 11 is 0. The van der Waals surface area contributed by atoms with E-state index in [4.69, 9.17) is 4.74 Å². The van der Waals surface area contributed by atoms with Gasteiger partial charge in [0.15, 0.2) is 6.10 Å². The van der Waals surface area contributed by atoms with Gasteiger partial charge in [-0.05, 0) is 0 Å². The fourth-order valence-corrected chi connectivity index (χ4v) is 0.975. The minimum Gasteiger partial charge on any atom is -0.377 e. The predicted octanol–water partition coefficient (Wildman–Crippen LogP) is 0.896. The number of methoxy groups -OCH3 is 1.